The number of alkyl halides is 2. The molecule has 0 saturated heterocycles. The number of halogens is 3. The minimum absolute atomic E-state index is 0.0761. The van der Waals surface area contributed by atoms with Crippen molar-refractivity contribution in [1.82, 2.24) is 0 Å². The van der Waals surface area contributed by atoms with Crippen LogP contribution in [0.15, 0.2) is 28.7 Å². The van der Waals surface area contributed by atoms with Gasteiger partial charge in [0.25, 0.3) is 0 Å². The zero-order valence-electron chi connectivity index (χ0n) is 7.81. The first kappa shape index (κ1) is 11.6. The third kappa shape index (κ3) is 1.96. The van der Waals surface area contributed by atoms with Gasteiger partial charge in [0.15, 0.2) is 0 Å². The Morgan fingerprint density at radius 1 is 1.43 bits per heavy atom. The van der Waals surface area contributed by atoms with E-state index in [4.69, 9.17) is 5.73 Å². The summed E-state index contributed by atoms with van der Waals surface area (Å²) < 4.78 is 26.4. The van der Waals surface area contributed by atoms with Crippen LogP contribution in [0.4, 0.5) is 8.78 Å². The van der Waals surface area contributed by atoms with Gasteiger partial charge in [-0.25, -0.2) is 8.78 Å². The number of hydrogen-bond donors (Lipinski definition) is 1. The zero-order valence-corrected chi connectivity index (χ0v) is 9.39. The summed E-state index contributed by atoms with van der Waals surface area (Å²) in [6.45, 7) is 1.39. The smallest absolute Gasteiger partial charge is 0.249 e. The van der Waals surface area contributed by atoms with Crippen LogP contribution in [0, 0.1) is 0 Å². The molecule has 1 unspecified atom stereocenters. The first-order valence-electron chi connectivity index (χ1n) is 4.25. The van der Waals surface area contributed by atoms with Gasteiger partial charge in [0.2, 0.25) is 6.43 Å². The summed E-state index contributed by atoms with van der Waals surface area (Å²) in [7, 11) is 0. The van der Waals surface area contributed by atoms with Crippen molar-refractivity contribution in [3.05, 3.63) is 34.3 Å². The Morgan fingerprint density at radius 3 is 2.43 bits per heavy atom. The molecule has 1 aromatic rings. The van der Waals surface area contributed by atoms with Crippen molar-refractivity contribution >= 4 is 15.9 Å². The van der Waals surface area contributed by atoms with Crippen LogP contribution in [0.3, 0.4) is 0 Å². The molecule has 1 rings (SSSR count). The second-order valence-electron chi connectivity index (χ2n) is 3.40. The monoisotopic (exact) mass is 263 g/mol. The van der Waals surface area contributed by atoms with Gasteiger partial charge in [-0.2, -0.15) is 0 Å². The normalized spacial score (nSPS) is 15.6. The predicted molar refractivity (Wildman–Crippen MR) is 56.6 cm³/mol. The maximum atomic E-state index is 12.8. The van der Waals surface area contributed by atoms with Crippen molar-refractivity contribution in [1.29, 1.82) is 0 Å². The molecule has 0 aliphatic rings. The SMILES string of the molecule is CC(CN)(c1ccccc1Br)C(F)F. The second-order valence-corrected chi connectivity index (χ2v) is 4.26. The molecule has 4 heteroatoms. The Kier molecular flexibility index (Phi) is 3.61. The van der Waals surface area contributed by atoms with Gasteiger partial charge in [-0.15, -0.1) is 0 Å². The van der Waals surface area contributed by atoms with Crippen LogP contribution in [0.1, 0.15) is 12.5 Å². The number of hydrogen-bond acceptors (Lipinski definition) is 1. The Hall–Kier alpha value is -0.480. The summed E-state index contributed by atoms with van der Waals surface area (Å²) in [6, 6.07) is 6.93. The van der Waals surface area contributed by atoms with E-state index < -0.39 is 11.8 Å². The lowest BCUT2D eigenvalue weighted by Crippen LogP contribution is -2.39. The molecule has 0 amide bonds. The van der Waals surface area contributed by atoms with E-state index in [2.05, 4.69) is 15.9 Å². The van der Waals surface area contributed by atoms with E-state index in [1.54, 1.807) is 24.3 Å². The van der Waals surface area contributed by atoms with Crippen molar-refractivity contribution in [3.8, 4) is 0 Å². The molecule has 1 aromatic carbocycles. The van der Waals surface area contributed by atoms with Crippen LogP contribution in [0.5, 0.6) is 0 Å². The fraction of sp³-hybridized carbons (Fsp3) is 0.400. The molecule has 14 heavy (non-hydrogen) atoms. The molecule has 0 heterocycles. The topological polar surface area (TPSA) is 26.0 Å². The van der Waals surface area contributed by atoms with E-state index in [0.29, 0.717) is 10.0 Å². The van der Waals surface area contributed by atoms with E-state index in [-0.39, 0.29) is 6.54 Å². The van der Waals surface area contributed by atoms with Crippen molar-refractivity contribution in [2.75, 3.05) is 6.54 Å². The average molecular weight is 264 g/mol. The van der Waals surface area contributed by atoms with Gasteiger partial charge >= 0.3 is 0 Å². The van der Waals surface area contributed by atoms with Crippen LogP contribution < -0.4 is 5.73 Å². The highest BCUT2D eigenvalue weighted by atomic mass is 79.9. The maximum Gasteiger partial charge on any atom is 0.249 e. The van der Waals surface area contributed by atoms with Gasteiger partial charge in [0.05, 0.1) is 5.41 Å². The minimum atomic E-state index is -2.47. The molecule has 78 valence electrons. The summed E-state index contributed by atoms with van der Waals surface area (Å²) in [5.74, 6) is 0. The molecule has 0 fully saturated rings. The van der Waals surface area contributed by atoms with Crippen LogP contribution in [0.25, 0.3) is 0 Å². The lowest BCUT2D eigenvalue weighted by atomic mass is 9.83. The summed E-state index contributed by atoms with van der Waals surface area (Å²) in [4.78, 5) is 0. The summed E-state index contributed by atoms with van der Waals surface area (Å²) in [5.41, 5.74) is 4.68. The van der Waals surface area contributed by atoms with Gasteiger partial charge < -0.3 is 5.73 Å². The molecular formula is C10H12BrF2N. The highest BCUT2D eigenvalue weighted by Gasteiger charge is 2.36. The highest BCUT2D eigenvalue weighted by Crippen LogP contribution is 2.34. The Labute approximate surface area is 90.4 Å². The Bertz CT molecular complexity index is 317. The molecular weight excluding hydrogens is 252 g/mol. The number of nitrogens with two attached hydrogens (primary N) is 1. The second kappa shape index (κ2) is 4.36. The van der Waals surface area contributed by atoms with Crippen LogP contribution >= 0.6 is 15.9 Å². The standard InChI is InChI=1S/C10H12BrF2N/c1-10(6-14,9(12)13)7-4-2-3-5-8(7)11/h2-5,9H,6,14H2,1H3. The summed E-state index contributed by atoms with van der Waals surface area (Å²) >= 11 is 3.25. The Morgan fingerprint density at radius 2 is 2.00 bits per heavy atom. The molecule has 0 aliphatic heterocycles. The van der Waals surface area contributed by atoms with Crippen molar-refractivity contribution < 1.29 is 8.78 Å². The maximum absolute atomic E-state index is 12.8. The fourth-order valence-electron chi connectivity index (χ4n) is 1.24. The largest absolute Gasteiger partial charge is 0.329 e. The third-order valence-corrected chi connectivity index (χ3v) is 3.09. The lowest BCUT2D eigenvalue weighted by molar-refractivity contribution is 0.0634. The Balaban J connectivity index is 3.19. The molecule has 0 radical (unpaired) electrons. The van der Waals surface area contributed by atoms with Gasteiger partial charge in [-0.3, -0.25) is 0 Å². The van der Waals surface area contributed by atoms with E-state index in [1.165, 1.54) is 6.92 Å². The van der Waals surface area contributed by atoms with Gasteiger partial charge in [-0.05, 0) is 18.6 Å². The lowest BCUT2D eigenvalue weighted by Gasteiger charge is -2.28. The molecule has 0 spiro atoms. The molecule has 0 aliphatic carbocycles. The van der Waals surface area contributed by atoms with E-state index in [9.17, 15) is 8.78 Å². The van der Waals surface area contributed by atoms with Gasteiger partial charge in [-0.1, -0.05) is 34.1 Å². The van der Waals surface area contributed by atoms with Crippen molar-refractivity contribution in [2.24, 2.45) is 5.73 Å². The minimum Gasteiger partial charge on any atom is -0.329 e. The van der Waals surface area contributed by atoms with Crippen LogP contribution in [-0.2, 0) is 5.41 Å². The number of benzene rings is 1. The van der Waals surface area contributed by atoms with Crippen molar-refractivity contribution in [3.63, 3.8) is 0 Å². The van der Waals surface area contributed by atoms with E-state index >= 15 is 0 Å². The first-order chi connectivity index (χ1) is 6.52. The van der Waals surface area contributed by atoms with E-state index in [1.807, 2.05) is 0 Å². The predicted octanol–water partition coefficient (Wildman–Crippen LogP) is 2.93. The highest BCUT2D eigenvalue weighted by molar-refractivity contribution is 9.10. The molecule has 2 N–H and O–H groups in total. The summed E-state index contributed by atoms with van der Waals surface area (Å²) in [5, 5.41) is 0. The van der Waals surface area contributed by atoms with Crippen LogP contribution in [0.2, 0.25) is 0 Å². The third-order valence-electron chi connectivity index (χ3n) is 2.39. The average Bonchev–Trinajstić information content (AvgIpc) is 2.17. The molecule has 1 nitrogen and oxygen atoms in total. The quantitative estimate of drug-likeness (QED) is 0.892. The van der Waals surface area contributed by atoms with Gasteiger partial charge in [0.1, 0.15) is 0 Å². The fourth-order valence-corrected chi connectivity index (χ4v) is 1.98. The van der Waals surface area contributed by atoms with Gasteiger partial charge in [0, 0.05) is 11.0 Å². The molecule has 0 saturated carbocycles. The zero-order chi connectivity index (χ0) is 10.8. The van der Waals surface area contributed by atoms with E-state index in [0.717, 1.165) is 0 Å². The molecule has 1 atom stereocenters. The summed E-state index contributed by atoms with van der Waals surface area (Å²) in [6.07, 6.45) is -2.47. The molecule has 0 bridgehead atoms. The first-order valence-corrected chi connectivity index (χ1v) is 5.05. The van der Waals surface area contributed by atoms with Crippen LogP contribution in [-0.4, -0.2) is 13.0 Å². The van der Waals surface area contributed by atoms with Crippen molar-refractivity contribution in [2.45, 2.75) is 18.8 Å². The number of rotatable bonds is 3. The molecule has 0 aromatic heterocycles.